The van der Waals surface area contributed by atoms with E-state index >= 15 is 0 Å². The first kappa shape index (κ1) is 12.3. The lowest BCUT2D eigenvalue weighted by atomic mass is 10.3. The molecule has 7 heteroatoms. The van der Waals surface area contributed by atoms with Crippen molar-refractivity contribution in [2.24, 2.45) is 0 Å². The van der Waals surface area contributed by atoms with Crippen LogP contribution in [-0.4, -0.2) is 46.3 Å². The number of anilines is 1. The van der Waals surface area contributed by atoms with Crippen LogP contribution in [-0.2, 0) is 6.54 Å². The van der Waals surface area contributed by atoms with Crippen LogP contribution < -0.4 is 4.90 Å². The van der Waals surface area contributed by atoms with Gasteiger partial charge >= 0.3 is 0 Å². The van der Waals surface area contributed by atoms with Gasteiger partial charge in [-0.25, -0.2) is 4.98 Å². The summed E-state index contributed by atoms with van der Waals surface area (Å²) in [7, 11) is 0. The molecule has 2 aromatic rings. The maximum absolute atomic E-state index is 5.72. The van der Waals surface area contributed by atoms with Gasteiger partial charge in [0.1, 0.15) is 0 Å². The Kier molecular flexibility index (Phi) is 3.16. The Hall–Kier alpha value is -1.47. The van der Waals surface area contributed by atoms with Crippen LogP contribution in [0.5, 0.6) is 0 Å². The molecule has 106 valence electrons. The highest BCUT2D eigenvalue weighted by Crippen LogP contribution is 2.39. The second-order valence-corrected chi connectivity index (χ2v) is 6.26. The van der Waals surface area contributed by atoms with Gasteiger partial charge in [-0.1, -0.05) is 0 Å². The zero-order valence-corrected chi connectivity index (χ0v) is 12.1. The Labute approximate surface area is 121 Å². The van der Waals surface area contributed by atoms with Gasteiger partial charge in [-0.15, -0.1) is 21.5 Å². The van der Waals surface area contributed by atoms with Crippen LogP contribution in [0.25, 0.3) is 0 Å². The minimum atomic E-state index is 0.540. The monoisotopic (exact) mass is 291 g/mol. The lowest BCUT2D eigenvalue weighted by molar-refractivity contribution is 0.224. The third-order valence-electron chi connectivity index (χ3n) is 3.83. The fourth-order valence-corrected chi connectivity index (χ4v) is 3.18. The zero-order chi connectivity index (χ0) is 13.4. The van der Waals surface area contributed by atoms with Gasteiger partial charge in [0.25, 0.3) is 0 Å². The van der Waals surface area contributed by atoms with E-state index in [4.69, 9.17) is 4.42 Å². The van der Waals surface area contributed by atoms with Crippen molar-refractivity contribution in [3.05, 3.63) is 23.4 Å². The molecule has 1 aliphatic heterocycles. The van der Waals surface area contributed by atoms with Crippen molar-refractivity contribution < 1.29 is 4.42 Å². The van der Waals surface area contributed by atoms with Crippen LogP contribution >= 0.6 is 11.3 Å². The summed E-state index contributed by atoms with van der Waals surface area (Å²) >= 11 is 1.70. The first-order valence-electron chi connectivity index (χ1n) is 7.07. The third kappa shape index (κ3) is 2.55. The molecule has 0 amide bonds. The van der Waals surface area contributed by atoms with Crippen LogP contribution in [0.3, 0.4) is 0 Å². The third-order valence-corrected chi connectivity index (χ3v) is 4.66. The maximum atomic E-state index is 5.72. The molecule has 0 bridgehead atoms. The first-order valence-corrected chi connectivity index (χ1v) is 7.95. The summed E-state index contributed by atoms with van der Waals surface area (Å²) < 4.78 is 5.72. The summed E-state index contributed by atoms with van der Waals surface area (Å²) in [6.07, 6.45) is 4.27. The second kappa shape index (κ2) is 5.14. The second-order valence-electron chi connectivity index (χ2n) is 5.39. The molecule has 1 saturated heterocycles. The summed E-state index contributed by atoms with van der Waals surface area (Å²) in [4.78, 5) is 9.07. The van der Waals surface area contributed by atoms with Crippen molar-refractivity contribution in [2.45, 2.75) is 25.3 Å². The van der Waals surface area contributed by atoms with Gasteiger partial charge < -0.3 is 9.32 Å². The van der Waals surface area contributed by atoms with Crippen LogP contribution in [0.15, 0.2) is 16.0 Å². The quantitative estimate of drug-likeness (QED) is 0.855. The molecule has 1 aliphatic carbocycles. The minimum absolute atomic E-state index is 0.540. The molecule has 20 heavy (non-hydrogen) atoms. The van der Waals surface area contributed by atoms with Gasteiger partial charge in [0, 0.05) is 43.7 Å². The zero-order valence-electron chi connectivity index (χ0n) is 11.2. The number of piperazine rings is 1. The van der Waals surface area contributed by atoms with E-state index in [1.54, 1.807) is 11.3 Å². The lowest BCUT2D eigenvalue weighted by Crippen LogP contribution is -2.46. The van der Waals surface area contributed by atoms with E-state index < -0.39 is 0 Å². The Bertz CT molecular complexity index is 557. The molecule has 0 aromatic carbocycles. The molecule has 0 atom stereocenters. The fourth-order valence-electron chi connectivity index (χ4n) is 2.49. The van der Waals surface area contributed by atoms with E-state index in [1.807, 2.05) is 11.6 Å². The SMILES string of the molecule is c1csc(N2CCN(Cc3nnc(C4CC4)o3)CC2)n1. The maximum Gasteiger partial charge on any atom is 0.230 e. The Balaban J connectivity index is 1.32. The van der Waals surface area contributed by atoms with Crippen LogP contribution in [0.2, 0.25) is 0 Å². The highest BCUT2D eigenvalue weighted by Gasteiger charge is 2.29. The number of thiazole rings is 1. The topological polar surface area (TPSA) is 58.3 Å². The standard InChI is InChI=1S/C13H17N5OS/c1-2-10(1)12-16-15-11(19-12)9-17-4-6-18(7-5-17)13-14-3-8-20-13/h3,8,10H,1-2,4-7,9H2. The Morgan fingerprint density at radius 2 is 2.05 bits per heavy atom. The van der Waals surface area contributed by atoms with Crippen molar-refractivity contribution >= 4 is 16.5 Å². The molecule has 2 fully saturated rings. The molecule has 0 N–H and O–H groups in total. The van der Waals surface area contributed by atoms with Crippen LogP contribution in [0.4, 0.5) is 5.13 Å². The summed E-state index contributed by atoms with van der Waals surface area (Å²) in [5.41, 5.74) is 0. The summed E-state index contributed by atoms with van der Waals surface area (Å²) in [6, 6.07) is 0. The van der Waals surface area contributed by atoms with E-state index in [2.05, 4.69) is 25.0 Å². The molecule has 0 unspecified atom stereocenters. The van der Waals surface area contributed by atoms with Gasteiger partial charge in [0.2, 0.25) is 11.8 Å². The number of hydrogen-bond acceptors (Lipinski definition) is 7. The van der Waals surface area contributed by atoms with E-state index in [0.717, 1.165) is 49.6 Å². The van der Waals surface area contributed by atoms with Gasteiger partial charge in [-0.2, -0.15) is 0 Å². The predicted octanol–water partition coefficient (Wildman–Crippen LogP) is 1.73. The van der Waals surface area contributed by atoms with Crippen LogP contribution in [0.1, 0.15) is 30.5 Å². The number of hydrogen-bond donors (Lipinski definition) is 0. The highest BCUT2D eigenvalue weighted by molar-refractivity contribution is 7.13. The lowest BCUT2D eigenvalue weighted by Gasteiger charge is -2.33. The molecule has 4 rings (SSSR count). The Morgan fingerprint density at radius 3 is 2.75 bits per heavy atom. The smallest absolute Gasteiger partial charge is 0.230 e. The van der Waals surface area contributed by atoms with Crippen molar-refractivity contribution in [1.82, 2.24) is 20.1 Å². The first-order chi connectivity index (χ1) is 9.88. The van der Waals surface area contributed by atoms with Crippen LogP contribution in [0, 0.1) is 0 Å². The number of nitrogens with zero attached hydrogens (tertiary/aromatic N) is 5. The van der Waals surface area contributed by atoms with Crippen molar-refractivity contribution in [1.29, 1.82) is 0 Å². The number of aromatic nitrogens is 3. The van der Waals surface area contributed by atoms with Gasteiger partial charge in [0.15, 0.2) is 5.13 Å². The molecular weight excluding hydrogens is 274 g/mol. The summed E-state index contributed by atoms with van der Waals surface area (Å²) in [6.45, 7) is 4.82. The van der Waals surface area contributed by atoms with E-state index in [9.17, 15) is 0 Å². The highest BCUT2D eigenvalue weighted by atomic mass is 32.1. The fraction of sp³-hybridized carbons (Fsp3) is 0.615. The summed E-state index contributed by atoms with van der Waals surface area (Å²) in [5, 5.41) is 11.4. The molecule has 2 aliphatic rings. The predicted molar refractivity (Wildman–Crippen MR) is 75.9 cm³/mol. The average Bonchev–Trinajstić information content (AvgIpc) is 3.00. The van der Waals surface area contributed by atoms with Gasteiger partial charge in [0.05, 0.1) is 6.54 Å². The van der Waals surface area contributed by atoms with E-state index in [0.29, 0.717) is 5.92 Å². The van der Waals surface area contributed by atoms with Gasteiger partial charge in [-0.05, 0) is 12.8 Å². The molecule has 0 spiro atoms. The van der Waals surface area contributed by atoms with E-state index in [1.165, 1.54) is 12.8 Å². The summed E-state index contributed by atoms with van der Waals surface area (Å²) in [5.74, 6) is 2.13. The molecule has 1 saturated carbocycles. The molecule has 6 nitrogen and oxygen atoms in total. The number of rotatable bonds is 4. The molecular formula is C13H17N5OS. The van der Waals surface area contributed by atoms with E-state index in [-0.39, 0.29) is 0 Å². The van der Waals surface area contributed by atoms with Crippen molar-refractivity contribution in [3.63, 3.8) is 0 Å². The normalized spacial score (nSPS) is 20.5. The average molecular weight is 291 g/mol. The Morgan fingerprint density at radius 1 is 1.20 bits per heavy atom. The molecule has 0 radical (unpaired) electrons. The minimum Gasteiger partial charge on any atom is -0.424 e. The molecule has 2 aromatic heterocycles. The largest absolute Gasteiger partial charge is 0.424 e. The van der Waals surface area contributed by atoms with Gasteiger partial charge in [-0.3, -0.25) is 4.90 Å². The van der Waals surface area contributed by atoms with Crippen molar-refractivity contribution in [3.8, 4) is 0 Å². The van der Waals surface area contributed by atoms with Crippen molar-refractivity contribution in [2.75, 3.05) is 31.1 Å². The molecule has 3 heterocycles.